The summed E-state index contributed by atoms with van der Waals surface area (Å²) in [5.74, 6) is -1.74. The number of nitrogens with zero attached hydrogens (tertiary/aromatic N) is 3. The molecule has 178 valence electrons. The summed E-state index contributed by atoms with van der Waals surface area (Å²) in [6.07, 6.45) is -2.61. The van der Waals surface area contributed by atoms with Gasteiger partial charge >= 0.3 is 12.1 Å². The van der Waals surface area contributed by atoms with Crippen LogP contribution in [0.25, 0.3) is 16.6 Å². The lowest BCUT2D eigenvalue weighted by Gasteiger charge is -2.16. The summed E-state index contributed by atoms with van der Waals surface area (Å²) in [7, 11) is 0. The summed E-state index contributed by atoms with van der Waals surface area (Å²) in [5.41, 5.74) is 0.0752. The van der Waals surface area contributed by atoms with Crippen LogP contribution in [0.2, 0.25) is 10.0 Å². The number of esters is 1. The number of hydrogen-bond donors (Lipinski definition) is 1. The molecule has 1 N–H and O–H groups in total. The number of hydrogen-bond acceptors (Lipinski definition) is 6. The zero-order chi connectivity index (χ0) is 24.8. The number of benzene rings is 1. The van der Waals surface area contributed by atoms with Crippen LogP contribution in [0.15, 0.2) is 41.2 Å². The van der Waals surface area contributed by atoms with Crippen LogP contribution in [0.3, 0.4) is 0 Å². The molecule has 0 bridgehead atoms. The molecule has 3 heterocycles. The number of fused-ring (bicyclic) bond motifs is 2. The fourth-order valence-electron chi connectivity index (χ4n) is 3.20. The van der Waals surface area contributed by atoms with Crippen molar-refractivity contribution in [3.8, 4) is 0 Å². The van der Waals surface area contributed by atoms with Gasteiger partial charge in [-0.05, 0) is 32.0 Å². The molecule has 0 saturated carbocycles. The van der Waals surface area contributed by atoms with E-state index in [-0.39, 0.29) is 37.9 Å². The second-order valence-corrected chi connectivity index (χ2v) is 8.16. The number of nitrogens with one attached hydrogen (secondary N) is 1. The van der Waals surface area contributed by atoms with E-state index in [9.17, 15) is 22.8 Å². The molecule has 3 aromatic heterocycles. The van der Waals surface area contributed by atoms with Crippen molar-refractivity contribution >= 4 is 51.7 Å². The number of ether oxygens (including phenoxy) is 1. The van der Waals surface area contributed by atoms with Crippen LogP contribution in [-0.2, 0) is 4.74 Å². The first-order valence-corrected chi connectivity index (χ1v) is 10.5. The number of amides is 1. The summed E-state index contributed by atoms with van der Waals surface area (Å²) in [6.45, 7) is 2.28. The second kappa shape index (κ2) is 8.80. The molecule has 1 unspecified atom stereocenters. The van der Waals surface area contributed by atoms with Crippen LogP contribution in [0.5, 0.6) is 0 Å². The Morgan fingerprint density at radius 3 is 2.65 bits per heavy atom. The Hall–Kier alpha value is -3.31. The van der Waals surface area contributed by atoms with Crippen molar-refractivity contribution in [3.05, 3.63) is 63.7 Å². The lowest BCUT2D eigenvalue weighted by Crippen LogP contribution is -2.30. The molecule has 4 rings (SSSR count). The smallest absolute Gasteiger partial charge is 0.425 e. The Bertz CT molecular complexity index is 1420. The highest BCUT2D eigenvalue weighted by atomic mass is 35.5. The molecule has 1 aromatic carbocycles. The highest BCUT2D eigenvalue weighted by Gasteiger charge is 2.40. The predicted octanol–water partition coefficient (Wildman–Crippen LogP) is 5.38. The highest BCUT2D eigenvalue weighted by molar-refractivity contribution is 6.38. The number of aromatic nitrogens is 3. The van der Waals surface area contributed by atoms with Crippen molar-refractivity contribution in [1.29, 1.82) is 0 Å². The maximum absolute atomic E-state index is 12.8. The zero-order valence-electron chi connectivity index (χ0n) is 17.5. The topological polar surface area (TPSA) is 98.7 Å². The standard InChI is InChI=1S/C21H15Cl2F3N4O4/c1-9(29-19(31)14-8-28-30-5-3-4-27-18(14)30)16-15(23)12-6-11(22)7-13(17(12)34-16)20(32)33-10(2)21(24,25)26/h3-10H,1-2H3,(H,29,31)/t9-,10?/m0/s1. The summed E-state index contributed by atoms with van der Waals surface area (Å²) in [5, 5.41) is 6.99. The molecule has 0 fully saturated rings. The number of halogens is 5. The van der Waals surface area contributed by atoms with E-state index in [0.29, 0.717) is 12.6 Å². The van der Waals surface area contributed by atoms with Crippen LogP contribution in [0.4, 0.5) is 13.2 Å². The number of rotatable bonds is 5. The third-order valence-electron chi connectivity index (χ3n) is 4.95. The van der Waals surface area contributed by atoms with E-state index < -0.39 is 30.2 Å². The second-order valence-electron chi connectivity index (χ2n) is 7.34. The monoisotopic (exact) mass is 514 g/mol. The summed E-state index contributed by atoms with van der Waals surface area (Å²) >= 11 is 12.5. The molecule has 34 heavy (non-hydrogen) atoms. The minimum Gasteiger partial charge on any atom is -0.456 e. The highest BCUT2D eigenvalue weighted by Crippen LogP contribution is 2.38. The molecule has 0 spiro atoms. The van der Waals surface area contributed by atoms with Crippen LogP contribution < -0.4 is 5.32 Å². The lowest BCUT2D eigenvalue weighted by atomic mass is 10.1. The van der Waals surface area contributed by atoms with Gasteiger partial charge in [0, 0.05) is 22.8 Å². The van der Waals surface area contributed by atoms with Crippen molar-refractivity contribution < 1.29 is 31.9 Å². The van der Waals surface area contributed by atoms with Gasteiger partial charge in [0.1, 0.15) is 16.9 Å². The SMILES string of the molecule is CC(OC(=O)c1cc(Cl)cc2c(Cl)c([C@H](C)NC(=O)c3cnn4cccnc34)oc12)C(F)(F)F. The Labute approximate surface area is 199 Å². The van der Waals surface area contributed by atoms with Gasteiger partial charge in [-0.25, -0.2) is 14.3 Å². The van der Waals surface area contributed by atoms with Crippen molar-refractivity contribution in [1.82, 2.24) is 19.9 Å². The molecule has 0 radical (unpaired) electrons. The minimum atomic E-state index is -4.74. The van der Waals surface area contributed by atoms with Crippen LogP contribution >= 0.6 is 23.2 Å². The minimum absolute atomic E-state index is 0.0289. The third-order valence-corrected chi connectivity index (χ3v) is 5.56. The van der Waals surface area contributed by atoms with Crippen molar-refractivity contribution in [2.75, 3.05) is 0 Å². The van der Waals surface area contributed by atoms with Gasteiger partial charge in [-0.2, -0.15) is 18.3 Å². The van der Waals surface area contributed by atoms with Gasteiger partial charge in [0.15, 0.2) is 17.3 Å². The molecule has 13 heteroatoms. The molecular weight excluding hydrogens is 500 g/mol. The van der Waals surface area contributed by atoms with E-state index in [2.05, 4.69) is 20.1 Å². The maximum atomic E-state index is 12.8. The van der Waals surface area contributed by atoms with Crippen LogP contribution in [-0.4, -0.2) is 38.8 Å². The first kappa shape index (κ1) is 23.8. The average Bonchev–Trinajstić information content (AvgIpc) is 3.34. The molecule has 0 saturated heterocycles. The first-order chi connectivity index (χ1) is 16.0. The first-order valence-electron chi connectivity index (χ1n) is 9.75. The third kappa shape index (κ3) is 4.40. The van der Waals surface area contributed by atoms with Gasteiger partial charge < -0.3 is 14.5 Å². The molecule has 0 aliphatic heterocycles. The van der Waals surface area contributed by atoms with Gasteiger partial charge in [-0.15, -0.1) is 0 Å². The fraction of sp³-hybridized carbons (Fsp3) is 0.238. The van der Waals surface area contributed by atoms with E-state index in [1.807, 2.05) is 0 Å². The van der Waals surface area contributed by atoms with Crippen LogP contribution in [0.1, 0.15) is 46.4 Å². The van der Waals surface area contributed by atoms with Crippen molar-refractivity contribution in [2.24, 2.45) is 0 Å². The summed E-state index contributed by atoms with van der Waals surface area (Å²) in [4.78, 5) is 29.3. The van der Waals surface area contributed by atoms with E-state index in [1.54, 1.807) is 19.2 Å². The Morgan fingerprint density at radius 2 is 1.94 bits per heavy atom. The van der Waals surface area contributed by atoms with Gasteiger partial charge in [-0.1, -0.05) is 23.2 Å². The number of furan rings is 1. The molecule has 0 aliphatic carbocycles. The predicted molar refractivity (Wildman–Crippen MR) is 116 cm³/mol. The number of carbonyl (C=O) groups is 2. The van der Waals surface area contributed by atoms with Crippen LogP contribution in [0, 0.1) is 0 Å². The number of carbonyl (C=O) groups excluding carboxylic acids is 2. The Balaban J connectivity index is 1.65. The number of alkyl halides is 3. The molecule has 1 amide bonds. The fourth-order valence-corrected chi connectivity index (χ4v) is 3.76. The van der Waals surface area contributed by atoms with E-state index >= 15 is 0 Å². The maximum Gasteiger partial charge on any atom is 0.425 e. The zero-order valence-corrected chi connectivity index (χ0v) is 19.0. The van der Waals surface area contributed by atoms with Gasteiger partial charge in [0.2, 0.25) is 0 Å². The van der Waals surface area contributed by atoms with E-state index in [0.717, 1.165) is 6.07 Å². The van der Waals surface area contributed by atoms with Crippen molar-refractivity contribution in [2.45, 2.75) is 32.2 Å². The average molecular weight is 515 g/mol. The molecule has 2 atom stereocenters. The van der Waals surface area contributed by atoms with Crippen molar-refractivity contribution in [3.63, 3.8) is 0 Å². The summed E-state index contributed by atoms with van der Waals surface area (Å²) < 4.78 is 50.1. The van der Waals surface area contributed by atoms with E-state index in [4.69, 9.17) is 27.6 Å². The molecular formula is C21H15Cl2F3N4O4. The van der Waals surface area contributed by atoms with E-state index in [1.165, 1.54) is 23.0 Å². The van der Waals surface area contributed by atoms with Gasteiger partial charge in [0.05, 0.1) is 17.3 Å². The molecule has 4 aromatic rings. The molecule has 0 aliphatic rings. The lowest BCUT2D eigenvalue weighted by molar-refractivity contribution is -0.198. The largest absolute Gasteiger partial charge is 0.456 e. The van der Waals surface area contributed by atoms with Gasteiger partial charge in [-0.3, -0.25) is 4.79 Å². The molecule has 8 nitrogen and oxygen atoms in total. The van der Waals surface area contributed by atoms with Gasteiger partial charge in [0.25, 0.3) is 5.91 Å². The Kier molecular flexibility index (Phi) is 6.17. The summed E-state index contributed by atoms with van der Waals surface area (Å²) in [6, 6.07) is 3.36. The normalized spacial score (nSPS) is 13.7. The quantitative estimate of drug-likeness (QED) is 0.359. The Morgan fingerprint density at radius 1 is 1.21 bits per heavy atom.